The number of unbranched alkanes of at least 4 members (excludes halogenated alkanes) is 1. The summed E-state index contributed by atoms with van der Waals surface area (Å²) in [7, 11) is 0. The van der Waals surface area contributed by atoms with Crippen LogP contribution in [-0.2, 0) is 11.3 Å². The van der Waals surface area contributed by atoms with E-state index in [1.807, 2.05) is 19.1 Å². The molecule has 26 heavy (non-hydrogen) atoms. The zero-order chi connectivity index (χ0) is 18.7. The number of nitrogens with zero attached hydrogens (tertiary/aromatic N) is 3. The standard InChI is InChI=1S/C19H20ClN3O3/c1-3-4-9-23-18(20)14(12(2)22-23)10-13(11-17(24)25)19-21-15-7-5-6-8-16(15)26-19/h5-8,10H,3-4,9,11H2,1-2H3,(H,24,25)/p-1/b13-10+. The minimum Gasteiger partial charge on any atom is -0.550 e. The van der Waals surface area contributed by atoms with Crippen LogP contribution in [0.25, 0.3) is 22.7 Å². The number of para-hydroxylation sites is 2. The van der Waals surface area contributed by atoms with Gasteiger partial charge in [0.1, 0.15) is 10.7 Å². The molecular formula is C19H19ClN3O3-. The number of rotatable bonds is 7. The van der Waals surface area contributed by atoms with Gasteiger partial charge in [0.15, 0.2) is 5.58 Å². The second-order valence-electron chi connectivity index (χ2n) is 6.07. The molecule has 0 fully saturated rings. The number of oxazole rings is 1. The molecule has 3 rings (SSSR count). The Morgan fingerprint density at radius 1 is 1.38 bits per heavy atom. The fraction of sp³-hybridized carbons (Fsp3) is 0.316. The Kier molecular flexibility index (Phi) is 5.42. The van der Waals surface area contributed by atoms with Crippen molar-refractivity contribution in [3.63, 3.8) is 0 Å². The van der Waals surface area contributed by atoms with Crippen molar-refractivity contribution >= 4 is 40.3 Å². The molecule has 2 heterocycles. The number of hydrogen-bond acceptors (Lipinski definition) is 5. The Labute approximate surface area is 156 Å². The highest BCUT2D eigenvalue weighted by molar-refractivity contribution is 6.31. The first-order chi connectivity index (χ1) is 12.5. The predicted octanol–water partition coefficient (Wildman–Crippen LogP) is 3.47. The number of hydrogen-bond donors (Lipinski definition) is 0. The maximum atomic E-state index is 11.2. The Morgan fingerprint density at radius 3 is 2.85 bits per heavy atom. The van der Waals surface area contributed by atoms with Gasteiger partial charge in [0.25, 0.3) is 0 Å². The molecule has 0 bridgehead atoms. The molecule has 0 N–H and O–H groups in total. The van der Waals surface area contributed by atoms with Crippen molar-refractivity contribution in [1.29, 1.82) is 0 Å². The van der Waals surface area contributed by atoms with E-state index in [0.29, 0.717) is 33.9 Å². The van der Waals surface area contributed by atoms with Crippen LogP contribution in [0.5, 0.6) is 0 Å². The van der Waals surface area contributed by atoms with Crippen molar-refractivity contribution in [3.8, 4) is 0 Å². The van der Waals surface area contributed by atoms with Crippen LogP contribution >= 0.6 is 11.6 Å². The summed E-state index contributed by atoms with van der Waals surface area (Å²) in [6, 6.07) is 7.26. The summed E-state index contributed by atoms with van der Waals surface area (Å²) in [4.78, 5) is 15.6. The summed E-state index contributed by atoms with van der Waals surface area (Å²) in [6.45, 7) is 4.64. The van der Waals surface area contributed by atoms with Gasteiger partial charge in [-0.2, -0.15) is 5.10 Å². The number of aryl methyl sites for hydroxylation is 2. The van der Waals surface area contributed by atoms with Crippen molar-refractivity contribution in [3.05, 3.63) is 46.6 Å². The summed E-state index contributed by atoms with van der Waals surface area (Å²) in [5.41, 5.74) is 3.03. The lowest BCUT2D eigenvalue weighted by atomic mass is 10.1. The Bertz CT molecular complexity index is 939. The number of benzene rings is 1. The highest BCUT2D eigenvalue weighted by Gasteiger charge is 2.16. The SMILES string of the molecule is CCCCn1nc(C)c(/C=C(\CC(=O)[O-])c2nc3ccccc3o2)c1Cl. The zero-order valence-corrected chi connectivity index (χ0v) is 15.4. The summed E-state index contributed by atoms with van der Waals surface area (Å²) in [6.07, 6.45) is 3.33. The van der Waals surface area contributed by atoms with Gasteiger partial charge < -0.3 is 14.3 Å². The summed E-state index contributed by atoms with van der Waals surface area (Å²) < 4.78 is 7.44. The van der Waals surface area contributed by atoms with E-state index in [0.717, 1.165) is 18.5 Å². The van der Waals surface area contributed by atoms with E-state index in [-0.39, 0.29) is 12.3 Å². The quantitative estimate of drug-likeness (QED) is 0.634. The van der Waals surface area contributed by atoms with Crippen LogP contribution in [0.15, 0.2) is 28.7 Å². The molecule has 0 aliphatic rings. The lowest BCUT2D eigenvalue weighted by Gasteiger charge is -2.05. The molecule has 0 aliphatic heterocycles. The van der Waals surface area contributed by atoms with Crippen LogP contribution in [0.3, 0.4) is 0 Å². The Hall–Kier alpha value is -2.60. The van der Waals surface area contributed by atoms with Crippen molar-refractivity contribution in [1.82, 2.24) is 14.8 Å². The molecule has 0 amide bonds. The van der Waals surface area contributed by atoms with Gasteiger partial charge in [-0.25, -0.2) is 4.98 Å². The van der Waals surface area contributed by atoms with E-state index < -0.39 is 5.97 Å². The number of aliphatic carboxylic acids is 1. The lowest BCUT2D eigenvalue weighted by molar-refractivity contribution is -0.304. The third-order valence-corrected chi connectivity index (χ3v) is 4.45. The fourth-order valence-electron chi connectivity index (χ4n) is 2.71. The molecular weight excluding hydrogens is 354 g/mol. The van der Waals surface area contributed by atoms with Gasteiger partial charge >= 0.3 is 0 Å². The van der Waals surface area contributed by atoms with Crippen LogP contribution in [0.4, 0.5) is 0 Å². The van der Waals surface area contributed by atoms with E-state index in [1.54, 1.807) is 22.9 Å². The molecule has 0 aliphatic carbocycles. The van der Waals surface area contributed by atoms with Crippen LogP contribution in [0.2, 0.25) is 5.15 Å². The van der Waals surface area contributed by atoms with E-state index >= 15 is 0 Å². The summed E-state index contributed by atoms with van der Waals surface area (Å²) in [5.74, 6) is -0.974. The average Bonchev–Trinajstić information content (AvgIpc) is 3.15. The van der Waals surface area contributed by atoms with Crippen LogP contribution in [-0.4, -0.2) is 20.7 Å². The van der Waals surface area contributed by atoms with E-state index in [9.17, 15) is 9.90 Å². The van der Waals surface area contributed by atoms with Crippen LogP contribution in [0, 0.1) is 6.92 Å². The number of halogens is 1. The molecule has 136 valence electrons. The van der Waals surface area contributed by atoms with Gasteiger partial charge in [0.05, 0.1) is 5.69 Å². The first kappa shape index (κ1) is 18.2. The number of carboxylic acid groups (broad SMARTS) is 1. The van der Waals surface area contributed by atoms with E-state index in [2.05, 4.69) is 17.0 Å². The monoisotopic (exact) mass is 372 g/mol. The summed E-state index contributed by atoms with van der Waals surface area (Å²) >= 11 is 6.45. The third kappa shape index (κ3) is 3.80. The van der Waals surface area contributed by atoms with Crippen LogP contribution < -0.4 is 5.11 Å². The second-order valence-corrected chi connectivity index (χ2v) is 6.43. The molecule has 0 atom stereocenters. The molecule has 6 nitrogen and oxygen atoms in total. The largest absolute Gasteiger partial charge is 0.550 e. The molecule has 1 aromatic carbocycles. The molecule has 7 heteroatoms. The van der Waals surface area contributed by atoms with Gasteiger partial charge in [0, 0.05) is 30.1 Å². The molecule has 0 radical (unpaired) electrons. The highest BCUT2D eigenvalue weighted by atomic mass is 35.5. The molecule has 3 aromatic rings. The van der Waals surface area contributed by atoms with Crippen molar-refractivity contribution < 1.29 is 14.3 Å². The fourth-order valence-corrected chi connectivity index (χ4v) is 3.03. The second kappa shape index (κ2) is 7.74. The van der Waals surface area contributed by atoms with Gasteiger partial charge in [-0.15, -0.1) is 0 Å². The Morgan fingerprint density at radius 2 is 2.15 bits per heavy atom. The smallest absolute Gasteiger partial charge is 0.223 e. The van der Waals surface area contributed by atoms with Gasteiger partial charge in [-0.05, 0) is 31.6 Å². The molecule has 0 saturated carbocycles. The summed E-state index contributed by atoms with van der Waals surface area (Å²) in [5, 5.41) is 16.1. The number of aromatic nitrogens is 3. The van der Waals surface area contributed by atoms with Crippen molar-refractivity contribution in [2.24, 2.45) is 0 Å². The normalized spacial score (nSPS) is 12.0. The average molecular weight is 373 g/mol. The third-order valence-electron chi connectivity index (χ3n) is 4.05. The number of carboxylic acids is 1. The predicted molar refractivity (Wildman–Crippen MR) is 98.4 cm³/mol. The maximum absolute atomic E-state index is 11.2. The van der Waals surface area contributed by atoms with E-state index in [1.165, 1.54) is 0 Å². The van der Waals surface area contributed by atoms with Gasteiger partial charge in [-0.1, -0.05) is 37.1 Å². The van der Waals surface area contributed by atoms with Gasteiger partial charge in [0.2, 0.25) is 5.89 Å². The van der Waals surface area contributed by atoms with Crippen molar-refractivity contribution in [2.75, 3.05) is 0 Å². The number of carbonyl (C=O) groups is 1. The molecule has 0 spiro atoms. The highest BCUT2D eigenvalue weighted by Crippen LogP contribution is 2.29. The molecule has 0 unspecified atom stereocenters. The number of carbonyl (C=O) groups excluding carboxylic acids is 1. The van der Waals surface area contributed by atoms with Crippen molar-refractivity contribution in [2.45, 2.75) is 39.7 Å². The van der Waals surface area contributed by atoms with Gasteiger partial charge in [-0.3, -0.25) is 4.68 Å². The minimum atomic E-state index is -1.22. The first-order valence-electron chi connectivity index (χ1n) is 8.49. The zero-order valence-electron chi connectivity index (χ0n) is 14.7. The number of fused-ring (bicyclic) bond motifs is 1. The first-order valence-corrected chi connectivity index (χ1v) is 8.86. The van der Waals surface area contributed by atoms with Crippen LogP contribution in [0.1, 0.15) is 43.3 Å². The molecule has 0 saturated heterocycles. The van der Waals surface area contributed by atoms with E-state index in [4.69, 9.17) is 16.0 Å². The topological polar surface area (TPSA) is 84.0 Å². The minimum absolute atomic E-state index is 0.243. The Balaban J connectivity index is 2.05. The maximum Gasteiger partial charge on any atom is 0.223 e. The molecule has 2 aromatic heterocycles. The lowest BCUT2D eigenvalue weighted by Crippen LogP contribution is -2.22.